The summed E-state index contributed by atoms with van der Waals surface area (Å²) in [5, 5.41) is 10.6. The summed E-state index contributed by atoms with van der Waals surface area (Å²) in [5.41, 5.74) is -0.186. The minimum Gasteiger partial charge on any atom is -0.473 e. The quantitative estimate of drug-likeness (QED) is 0.472. The van der Waals surface area contributed by atoms with Crippen LogP contribution in [0.2, 0.25) is 5.28 Å². The van der Waals surface area contributed by atoms with Crippen LogP contribution in [0.4, 0.5) is 5.69 Å². The molecule has 1 aromatic rings. The van der Waals surface area contributed by atoms with Crippen molar-refractivity contribution in [3.05, 3.63) is 21.6 Å². The number of nitro groups is 1. The van der Waals surface area contributed by atoms with Crippen molar-refractivity contribution in [2.75, 3.05) is 6.61 Å². The lowest BCUT2D eigenvalue weighted by Crippen LogP contribution is -2.12. The van der Waals surface area contributed by atoms with Crippen molar-refractivity contribution >= 4 is 17.3 Å². The summed E-state index contributed by atoms with van der Waals surface area (Å²) in [6.07, 6.45) is 1.80. The average molecular weight is 260 g/mol. The molecule has 0 bridgehead atoms. The van der Waals surface area contributed by atoms with Gasteiger partial charge in [0.1, 0.15) is 6.20 Å². The first-order valence-corrected chi connectivity index (χ1v) is 5.47. The Morgan fingerprint density at radius 1 is 1.53 bits per heavy atom. The minimum absolute atomic E-state index is 0.0682. The van der Waals surface area contributed by atoms with Crippen LogP contribution in [0.3, 0.4) is 0 Å². The van der Waals surface area contributed by atoms with Crippen molar-refractivity contribution in [1.29, 1.82) is 0 Å². The Hall–Kier alpha value is -1.43. The van der Waals surface area contributed by atoms with Crippen molar-refractivity contribution < 1.29 is 9.66 Å². The van der Waals surface area contributed by atoms with Crippen molar-refractivity contribution in [1.82, 2.24) is 9.97 Å². The van der Waals surface area contributed by atoms with Gasteiger partial charge in [-0.1, -0.05) is 20.8 Å². The first kappa shape index (κ1) is 13.6. The fraction of sp³-hybridized carbons (Fsp3) is 0.600. The van der Waals surface area contributed by atoms with Crippen molar-refractivity contribution in [3.63, 3.8) is 0 Å². The van der Waals surface area contributed by atoms with Crippen LogP contribution in [-0.2, 0) is 0 Å². The van der Waals surface area contributed by atoms with Gasteiger partial charge in [-0.3, -0.25) is 10.1 Å². The Balaban J connectivity index is 2.75. The normalized spacial score (nSPS) is 11.3. The van der Waals surface area contributed by atoms with Gasteiger partial charge in [0, 0.05) is 0 Å². The number of rotatable bonds is 4. The van der Waals surface area contributed by atoms with E-state index in [2.05, 4.69) is 30.7 Å². The molecule has 0 saturated carbocycles. The Kier molecular flexibility index (Phi) is 4.22. The van der Waals surface area contributed by atoms with E-state index in [0.717, 1.165) is 12.6 Å². The number of nitrogens with zero attached hydrogens (tertiary/aromatic N) is 3. The number of ether oxygens (including phenoxy) is 1. The van der Waals surface area contributed by atoms with Gasteiger partial charge in [-0.15, -0.1) is 0 Å². The second-order valence-electron chi connectivity index (χ2n) is 4.75. The maximum Gasteiger partial charge on any atom is 0.349 e. The number of hydrogen-bond acceptors (Lipinski definition) is 5. The molecule has 7 heteroatoms. The molecule has 0 fully saturated rings. The van der Waals surface area contributed by atoms with Crippen LogP contribution in [0.15, 0.2) is 6.20 Å². The van der Waals surface area contributed by atoms with Crippen molar-refractivity contribution in [2.24, 2.45) is 5.41 Å². The molecule has 0 aliphatic heterocycles. The molecule has 0 saturated heterocycles. The third-order valence-electron chi connectivity index (χ3n) is 1.99. The molecule has 6 nitrogen and oxygen atoms in total. The van der Waals surface area contributed by atoms with Crippen LogP contribution in [0.1, 0.15) is 27.2 Å². The standard InChI is InChI=1S/C10H14ClN3O3/c1-10(2,3)4-5-17-8-7(14(15)16)6-12-9(11)13-8/h6H,4-5H2,1-3H3. The van der Waals surface area contributed by atoms with Gasteiger partial charge in [0.25, 0.3) is 5.88 Å². The van der Waals surface area contributed by atoms with Gasteiger partial charge in [0.15, 0.2) is 0 Å². The van der Waals surface area contributed by atoms with E-state index in [1.165, 1.54) is 0 Å². The van der Waals surface area contributed by atoms with Crippen molar-refractivity contribution in [3.8, 4) is 5.88 Å². The SMILES string of the molecule is CC(C)(C)CCOc1nc(Cl)ncc1[N+](=O)[O-]. The fourth-order valence-electron chi connectivity index (χ4n) is 1.02. The molecule has 0 amide bonds. The lowest BCUT2D eigenvalue weighted by atomic mass is 9.93. The van der Waals surface area contributed by atoms with Gasteiger partial charge in [-0.05, 0) is 23.4 Å². The highest BCUT2D eigenvalue weighted by Gasteiger charge is 2.19. The third kappa shape index (κ3) is 4.52. The van der Waals surface area contributed by atoms with E-state index >= 15 is 0 Å². The van der Waals surface area contributed by atoms with Crippen molar-refractivity contribution in [2.45, 2.75) is 27.2 Å². The van der Waals surface area contributed by atoms with Gasteiger partial charge in [-0.25, -0.2) is 4.98 Å². The summed E-state index contributed by atoms with van der Waals surface area (Å²) in [4.78, 5) is 17.4. The summed E-state index contributed by atoms with van der Waals surface area (Å²) >= 11 is 5.57. The molecule has 1 heterocycles. The third-order valence-corrected chi connectivity index (χ3v) is 2.18. The molecule has 0 atom stereocenters. The molecule has 0 N–H and O–H groups in total. The first-order valence-electron chi connectivity index (χ1n) is 5.09. The summed E-state index contributed by atoms with van der Waals surface area (Å²) in [6.45, 7) is 6.50. The van der Waals surface area contributed by atoms with Crippen LogP contribution in [0, 0.1) is 15.5 Å². The van der Waals surface area contributed by atoms with Gasteiger partial charge < -0.3 is 4.74 Å². The Morgan fingerprint density at radius 2 is 2.18 bits per heavy atom. The summed E-state index contributed by atoms with van der Waals surface area (Å²) in [7, 11) is 0. The second kappa shape index (κ2) is 5.27. The van der Waals surface area contributed by atoms with Gasteiger partial charge in [0.05, 0.1) is 11.5 Å². The summed E-state index contributed by atoms with van der Waals surface area (Å²) < 4.78 is 5.28. The van der Waals surface area contributed by atoms with Crippen LogP contribution < -0.4 is 4.74 Å². The van der Waals surface area contributed by atoms with E-state index in [1.54, 1.807) is 0 Å². The number of aromatic nitrogens is 2. The second-order valence-corrected chi connectivity index (χ2v) is 5.08. The Morgan fingerprint density at radius 3 is 2.71 bits per heavy atom. The molecule has 0 aliphatic rings. The van der Waals surface area contributed by atoms with Gasteiger partial charge >= 0.3 is 5.69 Å². The molecule has 0 unspecified atom stereocenters. The smallest absolute Gasteiger partial charge is 0.349 e. The fourth-order valence-corrected chi connectivity index (χ4v) is 1.15. The summed E-state index contributed by atoms with van der Waals surface area (Å²) in [6, 6.07) is 0. The average Bonchev–Trinajstić information content (AvgIpc) is 2.15. The highest BCUT2D eigenvalue weighted by molar-refractivity contribution is 6.28. The minimum atomic E-state index is -0.594. The molecule has 94 valence electrons. The molecule has 0 aliphatic carbocycles. The Bertz CT molecular complexity index is 418. The highest BCUT2D eigenvalue weighted by atomic mass is 35.5. The van der Waals surface area contributed by atoms with E-state index < -0.39 is 4.92 Å². The lowest BCUT2D eigenvalue weighted by Gasteiger charge is -2.17. The summed E-state index contributed by atoms with van der Waals surface area (Å²) in [5.74, 6) is -0.0840. The number of hydrogen-bond donors (Lipinski definition) is 0. The first-order chi connectivity index (χ1) is 7.79. The molecule has 0 radical (unpaired) electrons. The highest BCUT2D eigenvalue weighted by Crippen LogP contribution is 2.26. The van der Waals surface area contributed by atoms with Gasteiger partial charge in [-0.2, -0.15) is 4.98 Å². The van der Waals surface area contributed by atoms with E-state index in [-0.39, 0.29) is 22.3 Å². The molecule has 1 rings (SSSR count). The van der Waals surface area contributed by atoms with Crippen LogP contribution in [0.5, 0.6) is 5.88 Å². The lowest BCUT2D eigenvalue weighted by molar-refractivity contribution is -0.386. The zero-order valence-corrected chi connectivity index (χ0v) is 10.7. The zero-order chi connectivity index (χ0) is 13.1. The number of halogens is 1. The van der Waals surface area contributed by atoms with E-state index in [0.29, 0.717) is 6.61 Å². The Labute approximate surface area is 104 Å². The molecule has 0 aromatic carbocycles. The zero-order valence-electron chi connectivity index (χ0n) is 9.94. The van der Waals surface area contributed by atoms with Crippen LogP contribution in [0.25, 0.3) is 0 Å². The topological polar surface area (TPSA) is 78.2 Å². The predicted molar refractivity (Wildman–Crippen MR) is 63.3 cm³/mol. The molecule has 1 aromatic heterocycles. The van der Waals surface area contributed by atoms with E-state index in [4.69, 9.17) is 16.3 Å². The largest absolute Gasteiger partial charge is 0.473 e. The van der Waals surface area contributed by atoms with Gasteiger partial charge in [0.2, 0.25) is 5.28 Å². The molecular formula is C10H14ClN3O3. The predicted octanol–water partition coefficient (Wildman–Crippen LogP) is 2.85. The molecular weight excluding hydrogens is 246 g/mol. The molecule has 17 heavy (non-hydrogen) atoms. The maximum absolute atomic E-state index is 10.7. The monoisotopic (exact) mass is 259 g/mol. The van der Waals surface area contributed by atoms with Crippen LogP contribution >= 0.6 is 11.6 Å². The molecule has 0 spiro atoms. The maximum atomic E-state index is 10.7. The van der Waals surface area contributed by atoms with E-state index in [9.17, 15) is 10.1 Å². The van der Waals surface area contributed by atoms with E-state index in [1.807, 2.05) is 0 Å². The van der Waals surface area contributed by atoms with Crippen LogP contribution in [-0.4, -0.2) is 21.5 Å².